The molecule has 0 spiro atoms. The number of halogens is 6. The van der Waals surface area contributed by atoms with E-state index in [1.165, 1.54) is 18.2 Å². The van der Waals surface area contributed by atoms with Crippen LogP contribution >= 0.6 is 0 Å². The van der Waals surface area contributed by atoms with Crippen molar-refractivity contribution in [3.63, 3.8) is 0 Å². The molecule has 3 N–H and O–H groups in total. The quantitative estimate of drug-likeness (QED) is 0.285. The van der Waals surface area contributed by atoms with Gasteiger partial charge in [0.1, 0.15) is 12.4 Å². The van der Waals surface area contributed by atoms with Crippen molar-refractivity contribution in [3.05, 3.63) is 53.7 Å². The van der Waals surface area contributed by atoms with Gasteiger partial charge in [-0.1, -0.05) is 18.7 Å². The second-order valence-electron chi connectivity index (χ2n) is 10.9. The molecule has 0 saturated carbocycles. The zero-order valence-corrected chi connectivity index (χ0v) is 26.8. The van der Waals surface area contributed by atoms with Gasteiger partial charge in [-0.25, -0.2) is 4.79 Å². The first kappa shape index (κ1) is 39.6. The summed E-state index contributed by atoms with van der Waals surface area (Å²) < 4.78 is 77.8. The largest absolute Gasteiger partial charge is 0.490 e. The van der Waals surface area contributed by atoms with Crippen LogP contribution in [0.2, 0.25) is 0 Å². The highest BCUT2D eigenvalue weighted by Gasteiger charge is 2.38. The molecule has 0 aliphatic carbocycles. The zero-order valence-electron chi connectivity index (χ0n) is 26.8. The van der Waals surface area contributed by atoms with E-state index in [-0.39, 0.29) is 30.2 Å². The number of carboxylic acid groups (broad SMARTS) is 1. The number of ether oxygens (including phenoxy) is 1. The van der Waals surface area contributed by atoms with Crippen LogP contribution in [0.5, 0.6) is 6.01 Å². The third-order valence-corrected chi connectivity index (χ3v) is 7.66. The molecule has 11 nitrogen and oxygen atoms in total. The molecule has 1 saturated heterocycles. The van der Waals surface area contributed by atoms with Gasteiger partial charge < -0.3 is 30.3 Å². The van der Waals surface area contributed by atoms with Crippen molar-refractivity contribution < 1.29 is 45.8 Å². The summed E-state index contributed by atoms with van der Waals surface area (Å²) in [4.78, 5) is 34.3. The highest BCUT2D eigenvalue weighted by Crippen LogP contribution is 2.38. The first-order valence-electron chi connectivity index (χ1n) is 14.9. The van der Waals surface area contributed by atoms with Gasteiger partial charge in [-0.05, 0) is 64.9 Å². The molecule has 1 aromatic heterocycles. The maximum absolute atomic E-state index is 13.4. The van der Waals surface area contributed by atoms with Crippen LogP contribution in [-0.4, -0.2) is 88.3 Å². The number of likely N-dealkylation sites (N-methyl/N-ethyl adjacent to an activating group) is 2. The molecule has 1 fully saturated rings. The summed E-state index contributed by atoms with van der Waals surface area (Å²) in [6.07, 6.45) is -5.18. The Labute approximate surface area is 274 Å². The van der Waals surface area contributed by atoms with Gasteiger partial charge in [-0.2, -0.15) is 41.6 Å². The number of likely N-dealkylation sites (tertiary alicyclic amines) is 1. The first-order valence-corrected chi connectivity index (χ1v) is 14.9. The van der Waals surface area contributed by atoms with Gasteiger partial charge in [0, 0.05) is 36.4 Å². The smallest absolute Gasteiger partial charge is 0.475 e. The Morgan fingerprint density at radius 1 is 1.23 bits per heavy atom. The van der Waals surface area contributed by atoms with Crippen molar-refractivity contribution in [1.29, 1.82) is 5.26 Å². The fourth-order valence-electron chi connectivity index (χ4n) is 5.10. The Balaban J connectivity index is 0.000000349. The zero-order chi connectivity index (χ0) is 36.2. The van der Waals surface area contributed by atoms with E-state index in [1.54, 1.807) is 15.9 Å². The third kappa shape index (κ3) is 11.3. The van der Waals surface area contributed by atoms with Crippen LogP contribution in [0.1, 0.15) is 49.9 Å². The lowest BCUT2D eigenvalue weighted by molar-refractivity contribution is -0.192. The molecule has 2 aromatic rings. The number of amides is 1. The van der Waals surface area contributed by atoms with Crippen LogP contribution in [0.3, 0.4) is 0 Å². The molecule has 2 aliphatic heterocycles. The number of alkyl halides is 6. The second-order valence-corrected chi connectivity index (χ2v) is 10.9. The number of carbonyl (C=O) groups is 2. The Morgan fingerprint density at radius 3 is 2.40 bits per heavy atom. The van der Waals surface area contributed by atoms with Crippen molar-refractivity contribution in [3.8, 4) is 12.1 Å². The summed E-state index contributed by atoms with van der Waals surface area (Å²) in [6, 6.07) is 8.12. The minimum atomic E-state index is -5.08. The number of carboxylic acids is 1. The molecular weight excluding hydrogens is 648 g/mol. The maximum Gasteiger partial charge on any atom is 0.490 e. The van der Waals surface area contributed by atoms with Crippen LogP contribution < -0.4 is 15.4 Å². The summed E-state index contributed by atoms with van der Waals surface area (Å²) in [7, 11) is 2.05. The summed E-state index contributed by atoms with van der Waals surface area (Å²) in [5, 5.41) is 15.5. The number of benzene rings is 1. The topological polar surface area (TPSA) is 149 Å². The van der Waals surface area contributed by atoms with Gasteiger partial charge in [0.25, 0.3) is 0 Å². The van der Waals surface area contributed by atoms with Gasteiger partial charge in [-0.15, -0.1) is 0 Å². The Bertz CT molecular complexity index is 1450. The molecule has 17 heteroatoms. The minimum Gasteiger partial charge on any atom is -0.475 e. The molecule has 264 valence electrons. The van der Waals surface area contributed by atoms with E-state index in [2.05, 4.69) is 28.5 Å². The number of para-hydroxylation sites is 1. The molecule has 3 heterocycles. The fraction of sp³-hybridized carbons (Fsp3) is 0.516. The van der Waals surface area contributed by atoms with Crippen molar-refractivity contribution >= 4 is 23.4 Å². The molecule has 1 aromatic carbocycles. The van der Waals surface area contributed by atoms with Crippen LogP contribution in [-0.2, 0) is 28.7 Å². The maximum atomic E-state index is 13.4. The third-order valence-electron chi connectivity index (χ3n) is 7.66. The van der Waals surface area contributed by atoms with Gasteiger partial charge in [-0.3, -0.25) is 4.79 Å². The number of fused-ring (bicyclic) bond motifs is 1. The molecule has 4 rings (SSSR count). The van der Waals surface area contributed by atoms with Crippen LogP contribution in [0.15, 0.2) is 36.9 Å². The van der Waals surface area contributed by atoms with E-state index in [9.17, 15) is 31.1 Å². The molecule has 0 radical (unpaired) electrons. The van der Waals surface area contributed by atoms with E-state index in [0.717, 1.165) is 31.0 Å². The molecule has 0 bridgehead atoms. The number of nitrogens with two attached hydrogens (primary N) is 1. The highest BCUT2D eigenvalue weighted by atomic mass is 19.4. The second kappa shape index (κ2) is 17.5. The summed E-state index contributed by atoms with van der Waals surface area (Å²) in [5.74, 6) is -2.53. The van der Waals surface area contributed by atoms with E-state index in [1.807, 2.05) is 19.9 Å². The molecule has 2 aliphatic rings. The molecular formula is C31H39F6N7O4. The number of rotatable bonds is 8. The van der Waals surface area contributed by atoms with Crippen molar-refractivity contribution in [2.45, 2.75) is 70.5 Å². The number of anilines is 2. The van der Waals surface area contributed by atoms with Gasteiger partial charge in [0.2, 0.25) is 5.91 Å². The lowest BCUT2D eigenvalue weighted by Crippen LogP contribution is -2.37. The first-order chi connectivity index (χ1) is 22.4. The van der Waals surface area contributed by atoms with Crippen LogP contribution in [0.4, 0.5) is 37.8 Å². The molecule has 1 amide bonds. The summed E-state index contributed by atoms with van der Waals surface area (Å²) >= 11 is 0. The molecule has 0 unspecified atom stereocenters. The van der Waals surface area contributed by atoms with E-state index < -0.39 is 23.9 Å². The number of aromatic nitrogens is 2. The number of carbonyl (C=O) groups excluding carboxylic acids is 1. The van der Waals surface area contributed by atoms with Crippen LogP contribution in [0.25, 0.3) is 0 Å². The fourth-order valence-corrected chi connectivity index (χ4v) is 5.10. The number of aliphatic carboxylic acids is 1. The van der Waals surface area contributed by atoms with Crippen molar-refractivity contribution in [2.75, 3.05) is 43.9 Å². The Hall–Kier alpha value is -4.59. The van der Waals surface area contributed by atoms with Gasteiger partial charge in [0.15, 0.2) is 0 Å². The lowest BCUT2D eigenvalue weighted by atomic mass is 10.0. The standard InChI is InChI=1S/C20H24F3N5O.C9H14N2O.C2HF3O2/c1-27-9-4-5-13(27)12-29-19-25-16-11-28(10-8-14(16)18(24)26-19)17-7-3-2-6-15(17)20(21,22)23;1-4-9(12)11(5-2)8(3)6-7-10;3-2(4,5)1(6)7/h2-3,6-7,13H,4-5,8-12H2,1H3,(H2,24,25,26);4,8H,1,5-6H2,2-3H3;(H,6,7)/t13-;8-;/m01./s1. The Kier molecular flexibility index (Phi) is 14.5. The average molecular weight is 688 g/mol. The SMILES string of the molecule is C=CC(=O)N(CC)[C@H](C)CC#N.CN1CCC[C@H]1COc1nc(N)c2c(n1)CN(c1ccccc1C(F)(F)F)CC2.O=C(O)C(F)(F)F. The monoisotopic (exact) mass is 687 g/mol. The highest BCUT2D eigenvalue weighted by molar-refractivity contribution is 5.87. The predicted molar refractivity (Wildman–Crippen MR) is 165 cm³/mol. The number of hydrogen-bond acceptors (Lipinski definition) is 9. The Morgan fingerprint density at radius 2 is 1.88 bits per heavy atom. The number of nitrogens with zero attached hydrogens (tertiary/aromatic N) is 6. The average Bonchev–Trinajstić information content (AvgIpc) is 3.44. The van der Waals surface area contributed by atoms with Crippen molar-refractivity contribution in [2.24, 2.45) is 0 Å². The van der Waals surface area contributed by atoms with E-state index >= 15 is 0 Å². The number of nitriles is 1. The van der Waals surface area contributed by atoms with Gasteiger partial charge >= 0.3 is 24.3 Å². The molecule has 2 atom stereocenters. The normalized spacial score (nSPS) is 16.6. The number of hydrogen-bond donors (Lipinski definition) is 2. The number of nitrogen functional groups attached to an aromatic ring is 1. The van der Waals surface area contributed by atoms with Crippen LogP contribution in [0, 0.1) is 11.3 Å². The summed E-state index contributed by atoms with van der Waals surface area (Å²) in [5.41, 5.74) is 7.01. The van der Waals surface area contributed by atoms with Gasteiger partial charge in [0.05, 0.1) is 30.3 Å². The van der Waals surface area contributed by atoms with E-state index in [0.29, 0.717) is 50.1 Å². The minimum absolute atomic E-state index is 0.0227. The predicted octanol–water partition coefficient (Wildman–Crippen LogP) is 5.07. The van der Waals surface area contributed by atoms with Crippen molar-refractivity contribution in [1.82, 2.24) is 19.8 Å². The molecule has 48 heavy (non-hydrogen) atoms. The lowest BCUT2D eigenvalue weighted by Gasteiger charge is -2.32. The van der Waals surface area contributed by atoms with E-state index in [4.69, 9.17) is 25.6 Å². The summed E-state index contributed by atoms with van der Waals surface area (Å²) in [6.45, 7) is 9.91.